The number of anilines is 1. The number of aryl methyl sites for hydroxylation is 1. The molecule has 0 bridgehead atoms. The Balaban J connectivity index is 1.65. The number of thioether (sulfide) groups is 1. The van der Waals surface area contributed by atoms with E-state index in [-0.39, 0.29) is 17.8 Å². The molecule has 7 nitrogen and oxygen atoms in total. The maximum absolute atomic E-state index is 12.4. The van der Waals surface area contributed by atoms with Crippen molar-refractivity contribution in [1.82, 2.24) is 14.8 Å². The first-order valence-electron chi connectivity index (χ1n) is 9.84. The monoisotopic (exact) mass is 438 g/mol. The van der Waals surface area contributed by atoms with Crippen LogP contribution in [0.4, 0.5) is 5.69 Å². The minimum absolute atomic E-state index is 0.142. The minimum atomic E-state index is -0.310. The third-order valence-electron chi connectivity index (χ3n) is 4.44. The third-order valence-corrected chi connectivity index (χ3v) is 5.41. The van der Waals surface area contributed by atoms with Gasteiger partial charge in [-0.25, -0.2) is 0 Å². The van der Waals surface area contributed by atoms with Crippen molar-refractivity contribution in [2.45, 2.75) is 31.7 Å². The number of aromatic nitrogens is 3. The van der Waals surface area contributed by atoms with Crippen LogP contribution >= 0.6 is 11.8 Å². The predicted molar refractivity (Wildman–Crippen MR) is 123 cm³/mol. The van der Waals surface area contributed by atoms with Gasteiger partial charge in [-0.2, -0.15) is 0 Å². The van der Waals surface area contributed by atoms with Crippen LogP contribution in [0.1, 0.15) is 24.4 Å². The van der Waals surface area contributed by atoms with Crippen LogP contribution in [0, 0.1) is 6.92 Å². The number of nitrogens with zero attached hydrogens (tertiary/aromatic N) is 3. The summed E-state index contributed by atoms with van der Waals surface area (Å²) in [6, 6.07) is 15.1. The highest BCUT2D eigenvalue weighted by Crippen LogP contribution is 2.25. The second-order valence-electron chi connectivity index (χ2n) is 6.88. The molecular formula is C23H26N4O3S. The largest absolute Gasteiger partial charge is 0.497 e. The van der Waals surface area contributed by atoms with Crippen molar-refractivity contribution in [1.29, 1.82) is 0 Å². The van der Waals surface area contributed by atoms with Crippen LogP contribution in [0.3, 0.4) is 0 Å². The van der Waals surface area contributed by atoms with Gasteiger partial charge in [-0.15, -0.1) is 16.8 Å². The summed E-state index contributed by atoms with van der Waals surface area (Å²) in [7, 11) is 1.59. The van der Waals surface area contributed by atoms with E-state index in [9.17, 15) is 4.79 Å². The Morgan fingerprint density at radius 3 is 2.71 bits per heavy atom. The second-order valence-corrected chi connectivity index (χ2v) is 7.82. The van der Waals surface area contributed by atoms with E-state index in [0.717, 1.165) is 5.75 Å². The quantitative estimate of drug-likeness (QED) is 0.367. The Morgan fingerprint density at radius 2 is 2.00 bits per heavy atom. The van der Waals surface area contributed by atoms with Gasteiger partial charge in [-0.3, -0.25) is 9.36 Å². The number of amides is 1. The molecule has 2 aromatic carbocycles. The maximum Gasteiger partial charge on any atom is 0.234 e. The summed E-state index contributed by atoms with van der Waals surface area (Å²) in [5.74, 6) is 2.18. The number of ether oxygens (including phenoxy) is 2. The fraction of sp³-hybridized carbons (Fsp3) is 0.261. The molecule has 1 heterocycles. The summed E-state index contributed by atoms with van der Waals surface area (Å²) < 4.78 is 13.1. The van der Waals surface area contributed by atoms with E-state index in [0.29, 0.717) is 29.0 Å². The van der Waals surface area contributed by atoms with Gasteiger partial charge in [0.15, 0.2) is 17.1 Å². The van der Waals surface area contributed by atoms with E-state index in [2.05, 4.69) is 22.1 Å². The highest BCUT2D eigenvalue weighted by molar-refractivity contribution is 7.99. The van der Waals surface area contributed by atoms with E-state index in [1.54, 1.807) is 19.3 Å². The van der Waals surface area contributed by atoms with Crippen LogP contribution in [-0.2, 0) is 11.3 Å². The third kappa shape index (κ3) is 6.11. The Bertz CT molecular complexity index is 1030. The van der Waals surface area contributed by atoms with Crippen LogP contribution in [-0.4, -0.2) is 33.5 Å². The number of allylic oxidation sites excluding steroid dienone is 1. The highest BCUT2D eigenvalue weighted by atomic mass is 32.2. The molecule has 3 rings (SSSR count). The molecule has 3 aromatic rings. The van der Waals surface area contributed by atoms with E-state index in [1.165, 1.54) is 17.3 Å². The lowest BCUT2D eigenvalue weighted by molar-refractivity contribution is -0.113. The maximum atomic E-state index is 12.4. The van der Waals surface area contributed by atoms with E-state index in [1.807, 2.05) is 60.9 Å². The van der Waals surface area contributed by atoms with Gasteiger partial charge in [-0.1, -0.05) is 41.6 Å². The van der Waals surface area contributed by atoms with Crippen molar-refractivity contribution in [3.05, 3.63) is 72.6 Å². The van der Waals surface area contributed by atoms with Gasteiger partial charge in [0.2, 0.25) is 5.91 Å². The van der Waals surface area contributed by atoms with Gasteiger partial charge in [0.05, 0.1) is 12.9 Å². The zero-order chi connectivity index (χ0) is 22.2. The lowest BCUT2D eigenvalue weighted by Crippen LogP contribution is -2.15. The summed E-state index contributed by atoms with van der Waals surface area (Å²) in [6.45, 7) is 8.29. The first-order chi connectivity index (χ1) is 15.0. The number of hydrogen-bond acceptors (Lipinski definition) is 6. The number of benzene rings is 2. The molecular weight excluding hydrogens is 412 g/mol. The Hall–Kier alpha value is -3.26. The Labute approximate surface area is 186 Å². The Morgan fingerprint density at radius 1 is 1.23 bits per heavy atom. The molecule has 1 amide bonds. The normalized spacial score (nSPS) is 11.6. The first-order valence-corrected chi connectivity index (χ1v) is 10.8. The van der Waals surface area contributed by atoms with Crippen molar-refractivity contribution in [2.75, 3.05) is 18.2 Å². The first kappa shape index (κ1) is 22.4. The van der Waals surface area contributed by atoms with Crippen molar-refractivity contribution < 1.29 is 14.3 Å². The number of carbonyl (C=O) groups is 1. The van der Waals surface area contributed by atoms with Crippen LogP contribution in [0.25, 0.3) is 0 Å². The zero-order valence-corrected chi connectivity index (χ0v) is 18.7. The topological polar surface area (TPSA) is 78.3 Å². The van der Waals surface area contributed by atoms with Crippen molar-refractivity contribution in [2.24, 2.45) is 0 Å². The molecule has 8 heteroatoms. The van der Waals surface area contributed by atoms with E-state index >= 15 is 0 Å². The van der Waals surface area contributed by atoms with Crippen LogP contribution < -0.4 is 14.8 Å². The standard InChI is InChI=1S/C23H26N4O3S/c1-5-13-27-22(17(3)30-19-11-9-16(2)10-12-19)25-26-23(27)31-15-21(28)24-18-7-6-8-20(14-18)29-4/h5-12,14,17H,1,13,15H2,2-4H3,(H,24,28). The SMILES string of the molecule is C=CCn1c(SCC(=O)Nc2cccc(OC)c2)nnc1C(C)Oc1ccc(C)cc1. The number of nitrogens with one attached hydrogen (secondary N) is 1. The van der Waals surface area contributed by atoms with Gasteiger partial charge >= 0.3 is 0 Å². The molecule has 0 saturated heterocycles. The van der Waals surface area contributed by atoms with Gasteiger partial charge < -0.3 is 14.8 Å². The lowest BCUT2D eigenvalue weighted by atomic mass is 10.2. The summed E-state index contributed by atoms with van der Waals surface area (Å²) >= 11 is 1.31. The average molecular weight is 439 g/mol. The number of carbonyl (C=O) groups excluding carboxylic acids is 1. The predicted octanol–water partition coefficient (Wildman–Crippen LogP) is 4.65. The van der Waals surface area contributed by atoms with Gasteiger partial charge in [-0.05, 0) is 38.1 Å². The summed E-state index contributed by atoms with van der Waals surface area (Å²) in [5.41, 5.74) is 1.85. The van der Waals surface area contributed by atoms with Gasteiger partial charge in [0, 0.05) is 18.3 Å². The molecule has 0 radical (unpaired) electrons. The lowest BCUT2D eigenvalue weighted by Gasteiger charge is -2.16. The number of methoxy groups -OCH3 is 1. The minimum Gasteiger partial charge on any atom is -0.497 e. The molecule has 0 aliphatic carbocycles. The Kier molecular flexibility index (Phi) is 7.72. The molecule has 1 atom stereocenters. The summed E-state index contributed by atoms with van der Waals surface area (Å²) in [6.07, 6.45) is 1.46. The number of rotatable bonds is 10. The average Bonchev–Trinajstić information content (AvgIpc) is 3.17. The highest BCUT2D eigenvalue weighted by Gasteiger charge is 2.20. The molecule has 0 spiro atoms. The molecule has 0 aliphatic rings. The smallest absolute Gasteiger partial charge is 0.234 e. The molecule has 1 N–H and O–H groups in total. The summed E-state index contributed by atoms with van der Waals surface area (Å²) in [4.78, 5) is 12.4. The van der Waals surface area contributed by atoms with Crippen molar-refractivity contribution in [3.8, 4) is 11.5 Å². The molecule has 0 saturated carbocycles. The molecule has 162 valence electrons. The van der Waals surface area contributed by atoms with Gasteiger partial charge in [0.25, 0.3) is 0 Å². The number of hydrogen-bond donors (Lipinski definition) is 1. The molecule has 1 unspecified atom stereocenters. The van der Waals surface area contributed by atoms with Gasteiger partial charge in [0.1, 0.15) is 11.5 Å². The van der Waals surface area contributed by atoms with E-state index in [4.69, 9.17) is 9.47 Å². The van der Waals surface area contributed by atoms with Crippen LogP contribution in [0.2, 0.25) is 0 Å². The molecule has 1 aromatic heterocycles. The molecule has 0 aliphatic heterocycles. The summed E-state index contributed by atoms with van der Waals surface area (Å²) in [5, 5.41) is 12.1. The second kappa shape index (κ2) is 10.7. The zero-order valence-electron chi connectivity index (χ0n) is 17.9. The fourth-order valence-electron chi connectivity index (χ4n) is 2.91. The van der Waals surface area contributed by atoms with Crippen molar-refractivity contribution in [3.63, 3.8) is 0 Å². The molecule has 0 fully saturated rings. The van der Waals surface area contributed by atoms with Crippen molar-refractivity contribution >= 4 is 23.4 Å². The van der Waals surface area contributed by atoms with Crippen LogP contribution in [0.5, 0.6) is 11.5 Å². The van der Waals surface area contributed by atoms with E-state index < -0.39 is 0 Å². The van der Waals surface area contributed by atoms with Crippen LogP contribution in [0.15, 0.2) is 66.3 Å². The fourth-order valence-corrected chi connectivity index (χ4v) is 3.66. The molecule has 31 heavy (non-hydrogen) atoms.